The molecular formula is C18H18N2O2. The number of nitrogens with zero attached hydrogens (tertiary/aromatic N) is 2. The van der Waals surface area contributed by atoms with E-state index in [0.717, 1.165) is 5.56 Å². The molecule has 4 nitrogen and oxygen atoms in total. The van der Waals surface area contributed by atoms with E-state index in [9.17, 15) is 9.90 Å². The van der Waals surface area contributed by atoms with E-state index in [1.165, 1.54) is 0 Å². The van der Waals surface area contributed by atoms with Crippen LogP contribution in [0.15, 0.2) is 54.6 Å². The second kappa shape index (κ2) is 7.96. The van der Waals surface area contributed by atoms with Crippen LogP contribution in [0, 0.1) is 11.3 Å². The topological polar surface area (TPSA) is 64.3 Å². The van der Waals surface area contributed by atoms with Gasteiger partial charge in [-0.15, -0.1) is 0 Å². The van der Waals surface area contributed by atoms with Crippen molar-refractivity contribution < 1.29 is 9.90 Å². The van der Waals surface area contributed by atoms with Gasteiger partial charge in [-0.3, -0.25) is 4.79 Å². The predicted molar refractivity (Wildman–Crippen MR) is 84.0 cm³/mol. The van der Waals surface area contributed by atoms with Crippen molar-refractivity contribution in [1.29, 1.82) is 5.26 Å². The molecule has 2 aromatic carbocycles. The molecule has 0 fully saturated rings. The standard InChI is InChI=1S/C18H18N2O2/c19-11-10-16-8-4-5-9-17(16)18(22)20(12-13-21)14-15-6-2-1-3-7-15/h1-9,21H,10,12-14H2. The van der Waals surface area contributed by atoms with Gasteiger partial charge in [0.15, 0.2) is 0 Å². The van der Waals surface area contributed by atoms with Gasteiger partial charge in [0.2, 0.25) is 0 Å². The van der Waals surface area contributed by atoms with Crippen molar-refractivity contribution in [3.05, 3.63) is 71.3 Å². The quantitative estimate of drug-likeness (QED) is 0.889. The lowest BCUT2D eigenvalue weighted by Crippen LogP contribution is -2.33. The van der Waals surface area contributed by atoms with Crippen LogP contribution in [0.2, 0.25) is 0 Å². The van der Waals surface area contributed by atoms with Crippen molar-refractivity contribution in [3.63, 3.8) is 0 Å². The molecule has 22 heavy (non-hydrogen) atoms. The first-order valence-corrected chi connectivity index (χ1v) is 7.15. The van der Waals surface area contributed by atoms with Gasteiger partial charge in [-0.2, -0.15) is 5.26 Å². The number of amides is 1. The third-order valence-corrected chi connectivity index (χ3v) is 3.39. The fourth-order valence-corrected chi connectivity index (χ4v) is 2.32. The second-order valence-corrected chi connectivity index (χ2v) is 4.93. The van der Waals surface area contributed by atoms with Gasteiger partial charge in [-0.05, 0) is 17.2 Å². The van der Waals surface area contributed by atoms with Crippen molar-refractivity contribution in [2.24, 2.45) is 0 Å². The van der Waals surface area contributed by atoms with Gasteiger partial charge in [-0.25, -0.2) is 0 Å². The average Bonchev–Trinajstić information content (AvgIpc) is 2.56. The minimum atomic E-state index is -0.163. The molecule has 0 heterocycles. The maximum Gasteiger partial charge on any atom is 0.254 e. The first-order chi connectivity index (χ1) is 10.8. The lowest BCUT2D eigenvalue weighted by atomic mass is 10.0. The number of nitriles is 1. The Kier molecular flexibility index (Phi) is 5.70. The number of rotatable bonds is 6. The van der Waals surface area contributed by atoms with Crippen LogP contribution in [-0.4, -0.2) is 29.1 Å². The molecule has 1 amide bonds. The molecule has 0 spiro atoms. The summed E-state index contributed by atoms with van der Waals surface area (Å²) in [6, 6.07) is 18.8. The molecule has 0 saturated carbocycles. The Labute approximate surface area is 130 Å². The Bertz CT molecular complexity index is 662. The number of aliphatic hydroxyl groups excluding tert-OH is 1. The number of hydrogen-bond acceptors (Lipinski definition) is 3. The van der Waals surface area contributed by atoms with Crippen molar-refractivity contribution >= 4 is 5.91 Å². The van der Waals surface area contributed by atoms with Crippen LogP contribution < -0.4 is 0 Å². The van der Waals surface area contributed by atoms with E-state index in [0.29, 0.717) is 17.7 Å². The van der Waals surface area contributed by atoms with Gasteiger partial charge in [0.1, 0.15) is 0 Å². The monoisotopic (exact) mass is 294 g/mol. The third kappa shape index (κ3) is 3.94. The van der Waals surface area contributed by atoms with Gasteiger partial charge in [0.25, 0.3) is 5.91 Å². The molecule has 0 atom stereocenters. The third-order valence-electron chi connectivity index (χ3n) is 3.39. The highest BCUT2D eigenvalue weighted by Crippen LogP contribution is 2.14. The summed E-state index contributed by atoms with van der Waals surface area (Å²) < 4.78 is 0. The fourth-order valence-electron chi connectivity index (χ4n) is 2.32. The van der Waals surface area contributed by atoms with Crippen LogP contribution in [0.4, 0.5) is 0 Å². The number of carbonyl (C=O) groups excluding carboxylic acids is 1. The van der Waals surface area contributed by atoms with E-state index in [1.54, 1.807) is 23.1 Å². The summed E-state index contributed by atoms with van der Waals surface area (Å²) in [5.41, 5.74) is 2.24. The lowest BCUT2D eigenvalue weighted by Gasteiger charge is -2.23. The average molecular weight is 294 g/mol. The molecular weight excluding hydrogens is 276 g/mol. The SMILES string of the molecule is N#CCc1ccccc1C(=O)N(CCO)Cc1ccccc1. The van der Waals surface area contributed by atoms with E-state index in [-0.39, 0.29) is 25.5 Å². The normalized spacial score (nSPS) is 10.0. The number of carbonyl (C=O) groups is 1. The van der Waals surface area contributed by atoms with Crippen molar-refractivity contribution in [1.82, 2.24) is 4.90 Å². The van der Waals surface area contributed by atoms with Crippen molar-refractivity contribution in [3.8, 4) is 6.07 Å². The largest absolute Gasteiger partial charge is 0.395 e. The molecule has 0 aromatic heterocycles. The van der Waals surface area contributed by atoms with Gasteiger partial charge in [0.05, 0.1) is 19.1 Å². The van der Waals surface area contributed by atoms with Gasteiger partial charge >= 0.3 is 0 Å². The van der Waals surface area contributed by atoms with Crippen LogP contribution in [0.5, 0.6) is 0 Å². The summed E-state index contributed by atoms with van der Waals surface area (Å²) >= 11 is 0. The Morgan fingerprint density at radius 1 is 1.09 bits per heavy atom. The van der Waals surface area contributed by atoms with Gasteiger partial charge in [-0.1, -0.05) is 48.5 Å². The zero-order valence-electron chi connectivity index (χ0n) is 12.3. The molecule has 0 unspecified atom stereocenters. The van der Waals surface area contributed by atoms with Crippen LogP contribution in [0.25, 0.3) is 0 Å². The minimum absolute atomic E-state index is 0.0982. The Balaban J connectivity index is 2.25. The van der Waals surface area contributed by atoms with E-state index in [4.69, 9.17) is 5.26 Å². The van der Waals surface area contributed by atoms with Gasteiger partial charge in [0, 0.05) is 18.7 Å². The maximum atomic E-state index is 12.7. The molecule has 4 heteroatoms. The Morgan fingerprint density at radius 2 is 1.77 bits per heavy atom. The highest BCUT2D eigenvalue weighted by molar-refractivity contribution is 5.95. The Hall–Kier alpha value is -2.64. The van der Waals surface area contributed by atoms with Crippen LogP contribution in [0.3, 0.4) is 0 Å². The summed E-state index contributed by atoms with van der Waals surface area (Å²) in [5.74, 6) is -0.163. The van der Waals surface area contributed by atoms with E-state index >= 15 is 0 Å². The summed E-state index contributed by atoms with van der Waals surface area (Å²) in [6.07, 6.45) is 0.195. The highest BCUT2D eigenvalue weighted by atomic mass is 16.3. The second-order valence-electron chi connectivity index (χ2n) is 4.93. The Morgan fingerprint density at radius 3 is 2.45 bits per heavy atom. The number of aliphatic hydroxyl groups is 1. The molecule has 0 aliphatic carbocycles. The molecule has 0 aliphatic rings. The van der Waals surface area contributed by atoms with Crippen molar-refractivity contribution in [2.45, 2.75) is 13.0 Å². The van der Waals surface area contributed by atoms with Crippen molar-refractivity contribution in [2.75, 3.05) is 13.2 Å². The summed E-state index contributed by atoms with van der Waals surface area (Å²) in [6.45, 7) is 0.592. The van der Waals surface area contributed by atoms with Gasteiger partial charge < -0.3 is 10.0 Å². The molecule has 0 saturated heterocycles. The van der Waals surface area contributed by atoms with E-state index in [2.05, 4.69) is 6.07 Å². The lowest BCUT2D eigenvalue weighted by molar-refractivity contribution is 0.0707. The molecule has 2 aromatic rings. The zero-order chi connectivity index (χ0) is 15.8. The summed E-state index contributed by atoms with van der Waals surface area (Å²) in [4.78, 5) is 14.3. The minimum Gasteiger partial charge on any atom is -0.395 e. The molecule has 0 aliphatic heterocycles. The molecule has 0 radical (unpaired) electrons. The number of benzene rings is 2. The van der Waals surface area contributed by atoms with E-state index in [1.807, 2.05) is 36.4 Å². The summed E-state index contributed by atoms with van der Waals surface area (Å²) in [5, 5.41) is 18.1. The first kappa shape index (κ1) is 15.7. The smallest absolute Gasteiger partial charge is 0.254 e. The predicted octanol–water partition coefficient (Wildman–Crippen LogP) is 2.39. The number of hydrogen-bond donors (Lipinski definition) is 1. The molecule has 2 rings (SSSR count). The fraction of sp³-hybridized carbons (Fsp3) is 0.222. The summed E-state index contributed by atoms with van der Waals surface area (Å²) in [7, 11) is 0. The maximum absolute atomic E-state index is 12.7. The highest BCUT2D eigenvalue weighted by Gasteiger charge is 2.18. The van der Waals surface area contributed by atoms with E-state index < -0.39 is 0 Å². The van der Waals surface area contributed by atoms with Crippen LogP contribution in [0.1, 0.15) is 21.5 Å². The molecule has 1 N–H and O–H groups in total. The van der Waals surface area contributed by atoms with Crippen LogP contribution in [-0.2, 0) is 13.0 Å². The first-order valence-electron chi connectivity index (χ1n) is 7.15. The van der Waals surface area contributed by atoms with Crippen LogP contribution >= 0.6 is 0 Å². The zero-order valence-corrected chi connectivity index (χ0v) is 12.3. The molecule has 0 bridgehead atoms. The molecule has 112 valence electrons.